The summed E-state index contributed by atoms with van der Waals surface area (Å²) in [5, 5.41) is 22.8. The average molecular weight is 458 g/mol. The molecule has 3 unspecified atom stereocenters. The fourth-order valence-corrected chi connectivity index (χ4v) is 5.09. The number of fused-ring (bicyclic) bond motifs is 1. The van der Waals surface area contributed by atoms with Gasteiger partial charge in [0.1, 0.15) is 5.92 Å². The van der Waals surface area contributed by atoms with Crippen LogP contribution in [0.5, 0.6) is 11.5 Å². The van der Waals surface area contributed by atoms with Crippen LogP contribution >= 0.6 is 23.1 Å². The minimum Gasteiger partial charge on any atom is -0.493 e. The van der Waals surface area contributed by atoms with Crippen LogP contribution in [-0.2, 0) is 0 Å². The minimum absolute atomic E-state index is 0.0459. The number of rotatable bonds is 6. The molecule has 1 fully saturated rings. The predicted molar refractivity (Wildman–Crippen MR) is 120 cm³/mol. The first-order valence-electron chi connectivity index (χ1n) is 9.25. The number of thiophene rings is 1. The lowest BCUT2D eigenvalue weighted by atomic mass is 10.0. The SMILES string of the molecule is COc1ccc(C2=CC(c3ccc([N+](=O)[O-])s3)=NC3C(C#N)C(SC)NN23)cc1OC. The van der Waals surface area contributed by atoms with Crippen LogP contribution in [0.1, 0.15) is 10.4 Å². The molecule has 1 aromatic carbocycles. The number of nitrogens with zero attached hydrogens (tertiary/aromatic N) is 4. The summed E-state index contributed by atoms with van der Waals surface area (Å²) >= 11 is 2.61. The summed E-state index contributed by atoms with van der Waals surface area (Å²) in [6.45, 7) is 0. The van der Waals surface area contributed by atoms with Crippen LogP contribution in [0.15, 0.2) is 41.4 Å². The van der Waals surface area contributed by atoms with Gasteiger partial charge in [-0.1, -0.05) is 11.3 Å². The highest BCUT2D eigenvalue weighted by Crippen LogP contribution is 2.40. The van der Waals surface area contributed by atoms with E-state index in [-0.39, 0.29) is 10.4 Å². The molecule has 3 heterocycles. The third-order valence-corrected chi connectivity index (χ3v) is 7.06. The molecule has 1 saturated heterocycles. The second-order valence-corrected chi connectivity index (χ2v) is 8.77. The lowest BCUT2D eigenvalue weighted by Gasteiger charge is -2.31. The van der Waals surface area contributed by atoms with Crippen LogP contribution in [0.2, 0.25) is 0 Å². The molecule has 0 saturated carbocycles. The molecule has 0 spiro atoms. The van der Waals surface area contributed by atoms with Gasteiger partial charge < -0.3 is 9.47 Å². The summed E-state index contributed by atoms with van der Waals surface area (Å²) in [4.78, 5) is 16.2. The van der Waals surface area contributed by atoms with Gasteiger partial charge in [-0.25, -0.2) is 5.43 Å². The molecule has 4 rings (SSSR count). The fraction of sp³-hybridized carbons (Fsp3) is 0.300. The number of hydrogen-bond donors (Lipinski definition) is 1. The number of benzene rings is 1. The number of aliphatic imine (C=N–C) groups is 1. The van der Waals surface area contributed by atoms with E-state index < -0.39 is 17.0 Å². The van der Waals surface area contributed by atoms with Crippen molar-refractivity contribution >= 4 is 39.5 Å². The van der Waals surface area contributed by atoms with E-state index in [9.17, 15) is 15.4 Å². The molecule has 0 bridgehead atoms. The Hall–Kier alpha value is -3.07. The molecule has 160 valence electrons. The van der Waals surface area contributed by atoms with Crippen LogP contribution in [0.4, 0.5) is 5.00 Å². The number of nitriles is 1. The normalized spacial score (nSPS) is 22.3. The van der Waals surface area contributed by atoms with Gasteiger partial charge >= 0.3 is 5.00 Å². The molecular weight excluding hydrogens is 438 g/mol. The lowest BCUT2D eigenvalue weighted by Crippen LogP contribution is -2.39. The number of ether oxygens (including phenoxy) is 2. The van der Waals surface area contributed by atoms with Crippen molar-refractivity contribution in [2.24, 2.45) is 10.9 Å². The maximum atomic E-state index is 11.1. The van der Waals surface area contributed by atoms with Crippen LogP contribution < -0.4 is 14.9 Å². The highest BCUT2D eigenvalue weighted by molar-refractivity contribution is 7.99. The highest BCUT2D eigenvalue weighted by Gasteiger charge is 2.45. The zero-order valence-corrected chi connectivity index (χ0v) is 18.6. The molecule has 2 aliphatic heterocycles. The average Bonchev–Trinajstić information content (AvgIpc) is 3.42. The Morgan fingerprint density at radius 3 is 2.68 bits per heavy atom. The minimum atomic E-state index is -0.466. The van der Waals surface area contributed by atoms with E-state index in [4.69, 9.17) is 14.5 Å². The third kappa shape index (κ3) is 3.74. The number of methoxy groups -OCH3 is 2. The molecule has 11 heteroatoms. The van der Waals surface area contributed by atoms with E-state index >= 15 is 0 Å². The van der Waals surface area contributed by atoms with Gasteiger partial charge in [-0.15, -0.1) is 11.8 Å². The highest BCUT2D eigenvalue weighted by atomic mass is 32.2. The van der Waals surface area contributed by atoms with E-state index in [0.29, 0.717) is 22.1 Å². The summed E-state index contributed by atoms with van der Waals surface area (Å²) in [5.74, 6) is 0.780. The van der Waals surface area contributed by atoms with Crippen molar-refractivity contribution in [3.8, 4) is 17.6 Å². The van der Waals surface area contributed by atoms with Crippen molar-refractivity contribution in [1.82, 2.24) is 10.4 Å². The summed E-state index contributed by atoms with van der Waals surface area (Å²) in [5.41, 5.74) is 5.61. The Labute approximate surface area is 187 Å². The van der Waals surface area contributed by atoms with Crippen LogP contribution in [0, 0.1) is 27.4 Å². The van der Waals surface area contributed by atoms with E-state index in [0.717, 1.165) is 22.6 Å². The number of allylic oxidation sites excluding steroid dienone is 1. The molecule has 0 amide bonds. The molecule has 1 aromatic heterocycles. The second-order valence-electron chi connectivity index (χ2n) is 6.73. The van der Waals surface area contributed by atoms with Gasteiger partial charge in [-0.05, 0) is 36.6 Å². The monoisotopic (exact) mass is 457 g/mol. The number of nitro groups is 1. The summed E-state index contributed by atoms with van der Waals surface area (Å²) < 4.78 is 10.8. The van der Waals surface area contributed by atoms with Crippen LogP contribution in [0.25, 0.3) is 5.70 Å². The second kappa shape index (κ2) is 8.58. The number of hydrazine groups is 1. The molecule has 2 aromatic rings. The topological polar surface area (TPSA) is 113 Å². The molecule has 2 aliphatic rings. The van der Waals surface area contributed by atoms with E-state index in [1.165, 1.54) is 6.07 Å². The molecular formula is C20H19N5O4S2. The van der Waals surface area contributed by atoms with Crippen molar-refractivity contribution in [2.45, 2.75) is 11.5 Å². The molecule has 0 radical (unpaired) electrons. The van der Waals surface area contributed by atoms with Gasteiger partial charge in [-0.3, -0.25) is 20.1 Å². The number of thioether (sulfide) groups is 1. The summed E-state index contributed by atoms with van der Waals surface area (Å²) in [6.07, 6.45) is 3.34. The first-order valence-corrected chi connectivity index (χ1v) is 11.4. The number of nitrogens with one attached hydrogen (secondary N) is 1. The van der Waals surface area contributed by atoms with Gasteiger partial charge in [-0.2, -0.15) is 5.26 Å². The Morgan fingerprint density at radius 1 is 1.29 bits per heavy atom. The molecule has 0 aliphatic carbocycles. The maximum Gasteiger partial charge on any atom is 0.324 e. The van der Waals surface area contributed by atoms with Crippen molar-refractivity contribution < 1.29 is 14.4 Å². The third-order valence-electron chi connectivity index (χ3n) is 5.09. The Balaban J connectivity index is 1.83. The van der Waals surface area contributed by atoms with Gasteiger partial charge in [0.15, 0.2) is 17.7 Å². The zero-order chi connectivity index (χ0) is 22.1. The summed E-state index contributed by atoms with van der Waals surface area (Å²) in [6, 6.07) is 11.1. The van der Waals surface area contributed by atoms with Crippen LogP contribution in [0.3, 0.4) is 0 Å². The van der Waals surface area contributed by atoms with Gasteiger partial charge in [0.2, 0.25) is 0 Å². The van der Waals surface area contributed by atoms with E-state index in [2.05, 4.69) is 11.5 Å². The predicted octanol–water partition coefficient (Wildman–Crippen LogP) is 3.49. The lowest BCUT2D eigenvalue weighted by molar-refractivity contribution is -0.380. The maximum absolute atomic E-state index is 11.1. The Kier molecular flexibility index (Phi) is 5.86. The summed E-state index contributed by atoms with van der Waals surface area (Å²) in [7, 11) is 3.14. The fourth-order valence-electron chi connectivity index (χ4n) is 3.59. The van der Waals surface area contributed by atoms with E-state index in [1.54, 1.807) is 32.0 Å². The molecule has 1 N–H and O–H groups in total. The van der Waals surface area contributed by atoms with Gasteiger partial charge in [0.25, 0.3) is 0 Å². The Bertz CT molecular complexity index is 1120. The smallest absolute Gasteiger partial charge is 0.324 e. The van der Waals surface area contributed by atoms with Crippen molar-refractivity contribution in [3.05, 3.63) is 57.0 Å². The standard InChI is InChI=1S/C20H19N5O4S2/c1-28-15-5-4-11(8-16(15)29-2)14-9-13(17-6-7-18(31-17)25(26)27)22-19-12(10-21)20(30-3)23-24(14)19/h4-9,12,19-20,23H,1-3H3. The van der Waals surface area contributed by atoms with Gasteiger partial charge in [0.05, 0.1) is 46.9 Å². The number of hydrogen-bond acceptors (Lipinski definition) is 10. The van der Waals surface area contributed by atoms with Gasteiger partial charge in [0, 0.05) is 11.6 Å². The first-order chi connectivity index (χ1) is 15.0. The largest absolute Gasteiger partial charge is 0.493 e. The van der Waals surface area contributed by atoms with Crippen molar-refractivity contribution in [1.29, 1.82) is 5.26 Å². The zero-order valence-electron chi connectivity index (χ0n) is 16.9. The van der Waals surface area contributed by atoms with Crippen molar-refractivity contribution in [3.63, 3.8) is 0 Å². The van der Waals surface area contributed by atoms with Crippen LogP contribution in [-0.4, -0.2) is 47.7 Å². The molecule has 9 nitrogen and oxygen atoms in total. The quantitative estimate of drug-likeness (QED) is 0.518. The Morgan fingerprint density at radius 2 is 2.06 bits per heavy atom. The van der Waals surface area contributed by atoms with Crippen molar-refractivity contribution in [2.75, 3.05) is 20.5 Å². The first kappa shape index (κ1) is 21.2. The molecule has 31 heavy (non-hydrogen) atoms. The van der Waals surface area contributed by atoms with E-state index in [1.807, 2.05) is 35.5 Å². The molecule has 3 atom stereocenters.